The molecule has 2 aliphatic rings. The molecule has 6 nitrogen and oxygen atoms in total. The van der Waals surface area contributed by atoms with Gasteiger partial charge in [0, 0.05) is 38.6 Å². The van der Waals surface area contributed by atoms with E-state index in [9.17, 15) is 9.90 Å². The molecule has 2 aromatic rings. The molecule has 1 atom stereocenters. The van der Waals surface area contributed by atoms with E-state index in [1.165, 1.54) is 5.56 Å². The van der Waals surface area contributed by atoms with E-state index in [4.69, 9.17) is 4.98 Å². The smallest absolute Gasteiger partial charge is 0.230 e. The normalized spacial score (nSPS) is 24.7. The van der Waals surface area contributed by atoms with Crippen LogP contribution < -0.4 is 0 Å². The highest BCUT2D eigenvalue weighted by atomic mass is 16.3. The van der Waals surface area contributed by atoms with Crippen molar-refractivity contribution in [3.8, 4) is 0 Å². The minimum absolute atomic E-state index is 0.0478. The number of carbonyl (C=O) groups is 1. The lowest BCUT2D eigenvalue weighted by Gasteiger charge is -2.39. The molecule has 1 spiro atoms. The van der Waals surface area contributed by atoms with E-state index < -0.39 is 0 Å². The second-order valence-electron chi connectivity index (χ2n) is 7.56. The van der Waals surface area contributed by atoms with Crippen LogP contribution in [0.3, 0.4) is 0 Å². The molecule has 0 radical (unpaired) electrons. The van der Waals surface area contributed by atoms with Crippen molar-refractivity contribution < 1.29 is 9.90 Å². The summed E-state index contributed by atoms with van der Waals surface area (Å²) in [5, 5.41) is 9.19. The fourth-order valence-electron chi connectivity index (χ4n) is 4.40. The molecule has 1 N–H and O–H groups in total. The molecule has 4 heterocycles. The van der Waals surface area contributed by atoms with Crippen molar-refractivity contribution in [3.05, 3.63) is 35.8 Å². The van der Waals surface area contributed by atoms with Crippen molar-refractivity contribution in [2.24, 2.45) is 5.41 Å². The molecule has 2 aromatic heterocycles. The summed E-state index contributed by atoms with van der Waals surface area (Å²) in [7, 11) is 0. The molecule has 134 valence electrons. The summed E-state index contributed by atoms with van der Waals surface area (Å²) in [5.41, 5.74) is 3.00. The first-order valence-corrected chi connectivity index (χ1v) is 9.16. The van der Waals surface area contributed by atoms with E-state index in [1.54, 1.807) is 0 Å². The summed E-state index contributed by atoms with van der Waals surface area (Å²) >= 11 is 0. The molecule has 4 rings (SSSR count). The molecule has 6 heteroatoms. The number of amides is 1. The second kappa shape index (κ2) is 6.42. The van der Waals surface area contributed by atoms with Crippen LogP contribution >= 0.6 is 0 Å². The van der Waals surface area contributed by atoms with E-state index in [0.717, 1.165) is 56.8 Å². The molecule has 2 saturated heterocycles. The van der Waals surface area contributed by atoms with E-state index in [2.05, 4.69) is 34.6 Å². The molecule has 2 fully saturated rings. The van der Waals surface area contributed by atoms with Gasteiger partial charge < -0.3 is 14.4 Å². The summed E-state index contributed by atoms with van der Waals surface area (Å²) in [6.45, 7) is 5.90. The van der Waals surface area contributed by atoms with Gasteiger partial charge in [-0.05, 0) is 50.4 Å². The van der Waals surface area contributed by atoms with Gasteiger partial charge in [0.05, 0.1) is 17.7 Å². The Morgan fingerprint density at radius 2 is 2.20 bits per heavy atom. The number of aryl methyl sites for hydroxylation is 1. The molecular formula is C19H26N4O2. The monoisotopic (exact) mass is 342 g/mol. The largest absolute Gasteiger partial charge is 0.395 e. The third kappa shape index (κ3) is 3.04. The van der Waals surface area contributed by atoms with Crippen LogP contribution in [-0.2, 0) is 11.3 Å². The van der Waals surface area contributed by atoms with Crippen LogP contribution in [0.2, 0.25) is 0 Å². The number of hydrogen-bond donors (Lipinski definition) is 1. The van der Waals surface area contributed by atoms with Gasteiger partial charge in [0.1, 0.15) is 5.65 Å². The number of β-amino-alcohol motifs (C(OH)–C–C–N with tert-alkyl or cyclic N) is 1. The van der Waals surface area contributed by atoms with Crippen LogP contribution in [0.25, 0.3) is 5.65 Å². The first-order valence-electron chi connectivity index (χ1n) is 9.16. The molecule has 0 aromatic carbocycles. The van der Waals surface area contributed by atoms with Crippen molar-refractivity contribution >= 4 is 11.6 Å². The van der Waals surface area contributed by atoms with Crippen molar-refractivity contribution in [3.63, 3.8) is 0 Å². The Kier molecular flexibility index (Phi) is 4.25. The summed E-state index contributed by atoms with van der Waals surface area (Å²) in [4.78, 5) is 21.8. The van der Waals surface area contributed by atoms with Crippen LogP contribution in [-0.4, -0.2) is 63.0 Å². The maximum atomic E-state index is 12.9. The van der Waals surface area contributed by atoms with Gasteiger partial charge >= 0.3 is 0 Å². The van der Waals surface area contributed by atoms with Crippen LogP contribution in [0.4, 0.5) is 0 Å². The third-order valence-electron chi connectivity index (χ3n) is 5.68. The average Bonchev–Trinajstić information content (AvgIpc) is 3.16. The maximum Gasteiger partial charge on any atom is 0.230 e. The van der Waals surface area contributed by atoms with E-state index in [1.807, 2.05) is 11.1 Å². The van der Waals surface area contributed by atoms with E-state index in [0.29, 0.717) is 6.54 Å². The zero-order chi connectivity index (χ0) is 17.4. The maximum absolute atomic E-state index is 12.9. The Balaban J connectivity index is 1.47. The molecule has 0 saturated carbocycles. The Morgan fingerprint density at radius 1 is 1.32 bits per heavy atom. The van der Waals surface area contributed by atoms with Gasteiger partial charge in [0.25, 0.3) is 0 Å². The Hall–Kier alpha value is -1.92. The highest BCUT2D eigenvalue weighted by Gasteiger charge is 2.48. The number of nitrogens with zero attached hydrogens (tertiary/aromatic N) is 4. The highest BCUT2D eigenvalue weighted by molar-refractivity contribution is 5.84. The molecule has 0 aliphatic carbocycles. The number of fused-ring (bicyclic) bond motifs is 1. The van der Waals surface area contributed by atoms with Gasteiger partial charge in [-0.3, -0.25) is 9.69 Å². The van der Waals surface area contributed by atoms with E-state index in [-0.39, 0.29) is 17.9 Å². The number of likely N-dealkylation sites (tertiary alicyclic amines) is 2. The number of rotatable bonds is 4. The molecule has 1 amide bonds. The van der Waals surface area contributed by atoms with Gasteiger partial charge in [-0.25, -0.2) is 4.98 Å². The SMILES string of the molecule is Cc1ccn2cc(CN3CC[C@]4(CCCN(CCO)C4=O)C3)nc2c1. The molecule has 0 unspecified atom stereocenters. The molecule has 25 heavy (non-hydrogen) atoms. The minimum Gasteiger partial charge on any atom is -0.395 e. The van der Waals surface area contributed by atoms with Gasteiger partial charge in [0.15, 0.2) is 0 Å². The lowest BCUT2D eigenvalue weighted by Crippen LogP contribution is -2.50. The quantitative estimate of drug-likeness (QED) is 0.914. The first kappa shape index (κ1) is 16.5. The van der Waals surface area contributed by atoms with Crippen molar-refractivity contribution in [1.29, 1.82) is 0 Å². The number of imidazole rings is 1. The fraction of sp³-hybridized carbons (Fsp3) is 0.579. The molecular weight excluding hydrogens is 316 g/mol. The standard InChI is InChI=1S/C19H26N4O2/c1-15-3-7-23-13-16(20-17(23)11-15)12-21-8-5-19(14-21)4-2-6-22(9-10-24)18(19)25/h3,7,11,13,24H,2,4-6,8-10,12,14H2,1H3/t19-/m1/s1. The van der Waals surface area contributed by atoms with Crippen LogP contribution in [0.1, 0.15) is 30.5 Å². The molecule has 2 aliphatic heterocycles. The van der Waals surface area contributed by atoms with Crippen molar-refractivity contribution in [1.82, 2.24) is 19.2 Å². The van der Waals surface area contributed by atoms with Crippen molar-refractivity contribution in [2.45, 2.75) is 32.7 Å². The predicted molar refractivity (Wildman–Crippen MR) is 95.2 cm³/mol. The topological polar surface area (TPSA) is 61.1 Å². The Morgan fingerprint density at radius 3 is 3.04 bits per heavy atom. The highest BCUT2D eigenvalue weighted by Crippen LogP contribution is 2.40. The zero-order valence-corrected chi connectivity index (χ0v) is 14.8. The first-order chi connectivity index (χ1) is 12.1. The van der Waals surface area contributed by atoms with E-state index >= 15 is 0 Å². The number of piperidine rings is 1. The lowest BCUT2D eigenvalue weighted by atomic mass is 9.78. The third-order valence-corrected chi connectivity index (χ3v) is 5.68. The fourth-order valence-corrected chi connectivity index (χ4v) is 4.40. The summed E-state index contributed by atoms with van der Waals surface area (Å²) in [5.74, 6) is 0.237. The number of pyridine rings is 1. The summed E-state index contributed by atoms with van der Waals surface area (Å²) in [6.07, 6.45) is 7.05. The number of carbonyl (C=O) groups excluding carboxylic acids is 1. The lowest BCUT2D eigenvalue weighted by molar-refractivity contribution is -0.146. The Labute approximate surface area is 148 Å². The van der Waals surface area contributed by atoms with Gasteiger partial charge in [-0.2, -0.15) is 0 Å². The van der Waals surface area contributed by atoms with Crippen molar-refractivity contribution in [2.75, 3.05) is 32.8 Å². The summed E-state index contributed by atoms with van der Waals surface area (Å²) in [6, 6.07) is 4.17. The minimum atomic E-state index is -0.247. The predicted octanol–water partition coefficient (Wildman–Crippen LogP) is 1.45. The number of aliphatic hydroxyl groups excluding tert-OH is 1. The number of hydrogen-bond acceptors (Lipinski definition) is 4. The molecule has 0 bridgehead atoms. The van der Waals surface area contributed by atoms with Crippen LogP contribution in [0, 0.1) is 12.3 Å². The Bertz CT molecular complexity index is 785. The number of aliphatic hydroxyl groups is 1. The van der Waals surface area contributed by atoms with Gasteiger partial charge in [-0.15, -0.1) is 0 Å². The second-order valence-corrected chi connectivity index (χ2v) is 7.56. The number of aromatic nitrogens is 2. The van der Waals surface area contributed by atoms with Gasteiger partial charge in [0.2, 0.25) is 5.91 Å². The summed E-state index contributed by atoms with van der Waals surface area (Å²) < 4.78 is 2.06. The van der Waals surface area contributed by atoms with Crippen LogP contribution in [0.15, 0.2) is 24.5 Å². The van der Waals surface area contributed by atoms with Crippen LogP contribution in [0.5, 0.6) is 0 Å². The zero-order valence-electron chi connectivity index (χ0n) is 14.8. The van der Waals surface area contributed by atoms with Gasteiger partial charge in [-0.1, -0.05) is 0 Å². The average molecular weight is 342 g/mol.